The van der Waals surface area contributed by atoms with Gasteiger partial charge in [-0.05, 0) is 107 Å². The van der Waals surface area contributed by atoms with Gasteiger partial charge in [0.2, 0.25) is 0 Å². The Hall–Kier alpha value is -5.95. The van der Waals surface area contributed by atoms with Gasteiger partial charge < -0.3 is 0 Å². The van der Waals surface area contributed by atoms with Crippen LogP contribution in [-0.4, -0.2) is 24.4 Å². The fourth-order valence-electron chi connectivity index (χ4n) is 8.87. The van der Waals surface area contributed by atoms with Crippen LogP contribution in [-0.2, 0) is 5.41 Å². The fourth-order valence-corrected chi connectivity index (χ4v) is 10.8. The number of thiophene rings is 1. The number of benzene rings is 6. The number of fused-ring (bicyclic) bond motifs is 5. The van der Waals surface area contributed by atoms with Crippen LogP contribution in [0.25, 0.3) is 82.7 Å². The highest BCUT2D eigenvalue weighted by Gasteiger charge is 2.38. The standard InChI is InChI=1S/C51H40N4S2/c1-31-15-25-47(56-31)33-17-21-35(22-18-33)49-52-43-27-39-40-28-44-46(30-42(40)51(3,4)41(39)29-45(43)54(49)37-11-7-5-8-12-37)55(38-13-9-6-10-14-38)50(53-44)36-23-19-34(20-24-36)48-26-16-32(2)57-48/h5-15,17-30,32H,16H2,1-4H3. The van der Waals surface area contributed by atoms with Crippen LogP contribution >= 0.6 is 23.1 Å². The predicted molar refractivity (Wildman–Crippen MR) is 242 cm³/mol. The van der Waals surface area contributed by atoms with Gasteiger partial charge in [0.25, 0.3) is 0 Å². The molecule has 0 fully saturated rings. The lowest BCUT2D eigenvalue weighted by Gasteiger charge is -2.22. The molecule has 0 radical (unpaired) electrons. The summed E-state index contributed by atoms with van der Waals surface area (Å²) in [4.78, 5) is 14.8. The Morgan fingerprint density at radius 2 is 1.07 bits per heavy atom. The summed E-state index contributed by atoms with van der Waals surface area (Å²) in [6.45, 7) is 9.19. The van der Waals surface area contributed by atoms with Gasteiger partial charge in [-0.15, -0.1) is 23.1 Å². The maximum Gasteiger partial charge on any atom is 0.145 e. The molecule has 11 rings (SSSR count). The van der Waals surface area contributed by atoms with Gasteiger partial charge in [0.15, 0.2) is 0 Å². The van der Waals surface area contributed by atoms with E-state index in [-0.39, 0.29) is 5.41 Å². The number of hydrogen-bond acceptors (Lipinski definition) is 4. The summed E-state index contributed by atoms with van der Waals surface area (Å²) in [7, 11) is 0. The second-order valence-corrected chi connectivity index (χ2v) is 18.7. The largest absolute Gasteiger partial charge is 0.292 e. The molecular formula is C51H40N4S2. The lowest BCUT2D eigenvalue weighted by molar-refractivity contribution is 0.661. The number of aromatic nitrogens is 4. The predicted octanol–water partition coefficient (Wildman–Crippen LogP) is 13.9. The fraction of sp³-hybridized carbons (Fsp3) is 0.137. The minimum atomic E-state index is -0.253. The van der Waals surface area contributed by atoms with Crippen LogP contribution < -0.4 is 0 Å². The van der Waals surface area contributed by atoms with Crippen LogP contribution in [0.5, 0.6) is 0 Å². The van der Waals surface area contributed by atoms with E-state index >= 15 is 0 Å². The lowest BCUT2D eigenvalue weighted by Crippen LogP contribution is -2.15. The quantitative estimate of drug-likeness (QED) is 0.169. The van der Waals surface area contributed by atoms with E-state index in [0.717, 1.165) is 62.6 Å². The Balaban J connectivity index is 1.07. The first-order valence-electron chi connectivity index (χ1n) is 19.7. The smallest absolute Gasteiger partial charge is 0.145 e. The summed E-state index contributed by atoms with van der Waals surface area (Å²) in [5, 5.41) is 0.634. The Morgan fingerprint density at radius 3 is 1.53 bits per heavy atom. The SMILES string of the molecule is Cc1ccc(-c2ccc(-c3nc4cc5c(cc4n3-c3ccccc3)C(C)(C)c3cc4c(cc3-5)nc(-c3ccc(C5=CCC(C)S5)cc3)n4-c3ccccc3)cc2)s1. The third-order valence-corrected chi connectivity index (χ3v) is 14.1. The monoisotopic (exact) mass is 772 g/mol. The molecule has 3 aromatic heterocycles. The number of rotatable bonds is 6. The van der Waals surface area contributed by atoms with Crippen molar-refractivity contribution in [2.45, 2.75) is 44.8 Å². The zero-order valence-corrected chi connectivity index (χ0v) is 34.0. The molecule has 4 nitrogen and oxygen atoms in total. The van der Waals surface area contributed by atoms with E-state index in [2.05, 4.69) is 188 Å². The van der Waals surface area contributed by atoms with Gasteiger partial charge in [0.1, 0.15) is 11.6 Å². The number of hydrogen-bond donors (Lipinski definition) is 0. The minimum absolute atomic E-state index is 0.253. The number of thioether (sulfide) groups is 1. The summed E-state index contributed by atoms with van der Waals surface area (Å²) < 4.78 is 4.67. The maximum absolute atomic E-state index is 5.41. The van der Waals surface area contributed by atoms with E-state index in [9.17, 15) is 0 Å². The molecular weight excluding hydrogens is 733 g/mol. The Bertz CT molecular complexity index is 3040. The first-order chi connectivity index (χ1) is 27.8. The van der Waals surface area contributed by atoms with Crippen molar-refractivity contribution in [1.29, 1.82) is 0 Å². The molecule has 2 aliphatic rings. The number of allylic oxidation sites excluding steroid dienone is 1. The van der Waals surface area contributed by atoms with Crippen LogP contribution in [0.4, 0.5) is 0 Å². The molecule has 1 unspecified atom stereocenters. The van der Waals surface area contributed by atoms with Gasteiger partial charge >= 0.3 is 0 Å². The van der Waals surface area contributed by atoms with Crippen molar-refractivity contribution in [3.8, 4) is 55.7 Å². The maximum atomic E-state index is 5.41. The number of nitrogens with zero attached hydrogens (tertiary/aromatic N) is 4. The van der Waals surface area contributed by atoms with E-state index in [0.29, 0.717) is 5.25 Å². The molecule has 0 amide bonds. The molecule has 1 aliphatic heterocycles. The lowest BCUT2D eigenvalue weighted by atomic mass is 9.82. The van der Waals surface area contributed by atoms with Gasteiger partial charge in [-0.2, -0.15) is 0 Å². The zero-order chi connectivity index (χ0) is 38.4. The van der Waals surface area contributed by atoms with Crippen LogP contribution in [0.3, 0.4) is 0 Å². The molecule has 9 aromatic rings. The third-order valence-electron chi connectivity index (χ3n) is 11.8. The van der Waals surface area contributed by atoms with Gasteiger partial charge in [-0.1, -0.05) is 112 Å². The van der Waals surface area contributed by atoms with Crippen molar-refractivity contribution in [2.75, 3.05) is 0 Å². The van der Waals surface area contributed by atoms with Crippen LogP contribution in [0.2, 0.25) is 0 Å². The molecule has 0 saturated heterocycles. The Labute approximate surface area is 341 Å². The van der Waals surface area contributed by atoms with Crippen molar-refractivity contribution >= 4 is 50.1 Å². The highest BCUT2D eigenvalue weighted by Crippen LogP contribution is 2.52. The number of imidazole rings is 2. The van der Waals surface area contributed by atoms with Crippen LogP contribution in [0, 0.1) is 6.92 Å². The molecule has 0 saturated carbocycles. The molecule has 0 bridgehead atoms. The zero-order valence-electron chi connectivity index (χ0n) is 32.3. The van der Waals surface area contributed by atoms with E-state index in [1.807, 2.05) is 23.1 Å². The molecule has 1 atom stereocenters. The normalized spacial score (nSPS) is 15.6. The third kappa shape index (κ3) is 5.57. The molecule has 1 aliphatic carbocycles. The average Bonchev–Trinajstić information content (AvgIpc) is 4.07. The van der Waals surface area contributed by atoms with Gasteiger partial charge in [-0.3, -0.25) is 9.13 Å². The molecule has 6 aromatic carbocycles. The summed E-state index contributed by atoms with van der Waals surface area (Å²) in [6.07, 6.45) is 3.50. The molecule has 6 heteroatoms. The van der Waals surface area contributed by atoms with Crippen LogP contribution in [0.15, 0.2) is 152 Å². The summed E-state index contributed by atoms with van der Waals surface area (Å²) in [5.74, 6) is 1.89. The molecule has 276 valence electrons. The highest BCUT2D eigenvalue weighted by atomic mass is 32.2. The minimum Gasteiger partial charge on any atom is -0.292 e. The number of aryl methyl sites for hydroxylation is 1. The Kier molecular flexibility index (Phi) is 7.86. The summed E-state index contributed by atoms with van der Waals surface area (Å²) in [5.41, 5.74) is 15.9. The van der Waals surface area contributed by atoms with E-state index in [1.165, 1.54) is 48.0 Å². The number of para-hydroxylation sites is 2. The summed E-state index contributed by atoms with van der Waals surface area (Å²) >= 11 is 3.79. The summed E-state index contributed by atoms with van der Waals surface area (Å²) in [6, 6.07) is 53.0. The molecule has 57 heavy (non-hydrogen) atoms. The second-order valence-electron chi connectivity index (χ2n) is 15.9. The van der Waals surface area contributed by atoms with Crippen molar-refractivity contribution in [1.82, 2.24) is 19.1 Å². The molecule has 0 N–H and O–H groups in total. The van der Waals surface area contributed by atoms with E-state index in [1.54, 1.807) is 0 Å². The second kappa shape index (κ2) is 13.1. The van der Waals surface area contributed by atoms with Crippen molar-refractivity contribution in [2.24, 2.45) is 0 Å². The Morgan fingerprint density at radius 1 is 0.579 bits per heavy atom. The average molecular weight is 773 g/mol. The van der Waals surface area contributed by atoms with E-state index in [4.69, 9.17) is 9.97 Å². The van der Waals surface area contributed by atoms with Gasteiger partial charge in [0.05, 0.1) is 22.1 Å². The first kappa shape index (κ1) is 34.3. The molecule has 4 heterocycles. The van der Waals surface area contributed by atoms with Crippen molar-refractivity contribution < 1.29 is 0 Å². The van der Waals surface area contributed by atoms with Gasteiger partial charge in [-0.25, -0.2) is 9.97 Å². The topological polar surface area (TPSA) is 35.6 Å². The highest BCUT2D eigenvalue weighted by molar-refractivity contribution is 8.09. The first-order valence-corrected chi connectivity index (χ1v) is 21.4. The molecule has 0 spiro atoms. The van der Waals surface area contributed by atoms with Crippen molar-refractivity contribution in [3.05, 3.63) is 173 Å². The van der Waals surface area contributed by atoms with Crippen molar-refractivity contribution in [3.63, 3.8) is 0 Å². The van der Waals surface area contributed by atoms with E-state index < -0.39 is 0 Å². The van der Waals surface area contributed by atoms with Gasteiger partial charge in [0, 0.05) is 47.8 Å². The van der Waals surface area contributed by atoms with Crippen LogP contribution in [0.1, 0.15) is 48.8 Å².